The highest BCUT2D eigenvalue weighted by Crippen LogP contribution is 2.18. The van der Waals surface area contributed by atoms with E-state index < -0.39 is 0 Å². The number of rotatable bonds is 3. The molecule has 0 N–H and O–H groups in total. The van der Waals surface area contributed by atoms with Gasteiger partial charge in [0.05, 0.1) is 5.69 Å². The molecule has 0 amide bonds. The molecule has 19 heavy (non-hydrogen) atoms. The maximum atomic E-state index is 4.52. The lowest BCUT2D eigenvalue weighted by Gasteiger charge is -1.96. The number of hydrogen-bond acceptors (Lipinski definition) is 1. The van der Waals surface area contributed by atoms with Crippen molar-refractivity contribution < 1.29 is 0 Å². The quantitative estimate of drug-likeness (QED) is 0.751. The van der Waals surface area contributed by atoms with Crippen molar-refractivity contribution in [3.05, 3.63) is 42.1 Å². The fourth-order valence-electron chi connectivity index (χ4n) is 1.75. The average molecular weight is 260 g/mol. The normalized spacial score (nSPS) is 8.95. The van der Waals surface area contributed by atoms with Gasteiger partial charge in [-0.1, -0.05) is 71.4 Å². The molecular weight excluding hydrogens is 232 g/mol. The number of hydrogen-bond donors (Lipinski definition) is 0. The summed E-state index contributed by atoms with van der Waals surface area (Å²) in [4.78, 5) is 0. The van der Waals surface area contributed by atoms with E-state index in [4.69, 9.17) is 0 Å². The van der Waals surface area contributed by atoms with E-state index in [1.165, 1.54) is 11.3 Å². The van der Waals surface area contributed by atoms with E-state index in [1.807, 2.05) is 57.6 Å². The highest BCUT2D eigenvalue weighted by atomic mass is 15.3. The summed E-state index contributed by atoms with van der Waals surface area (Å²) in [6, 6.07) is 12.5. The Labute approximate surface area is 118 Å². The Morgan fingerprint density at radius 3 is 2.11 bits per heavy atom. The molecule has 0 aliphatic heterocycles. The maximum Gasteiger partial charge on any atom is 0.0925 e. The van der Waals surface area contributed by atoms with Crippen LogP contribution in [0.4, 0.5) is 0 Å². The fraction of sp³-hybridized carbons (Fsp3) is 0.471. The Bertz CT molecular complexity index is 430. The predicted molar refractivity (Wildman–Crippen MR) is 85.3 cm³/mol. The Morgan fingerprint density at radius 1 is 1.00 bits per heavy atom. The summed E-state index contributed by atoms with van der Waals surface area (Å²) in [6.45, 7) is 10.2. The monoisotopic (exact) mass is 260 g/mol. The molecule has 106 valence electrons. The Balaban J connectivity index is 0.000000741. The van der Waals surface area contributed by atoms with Crippen molar-refractivity contribution in [1.29, 1.82) is 0 Å². The van der Waals surface area contributed by atoms with Gasteiger partial charge in [0.2, 0.25) is 0 Å². The van der Waals surface area contributed by atoms with Gasteiger partial charge in [0.25, 0.3) is 0 Å². The van der Waals surface area contributed by atoms with Crippen LogP contribution in [0.5, 0.6) is 0 Å². The van der Waals surface area contributed by atoms with Crippen LogP contribution in [0.2, 0.25) is 0 Å². The fourth-order valence-corrected chi connectivity index (χ4v) is 1.75. The molecule has 1 aromatic carbocycles. The Kier molecular flexibility index (Phi) is 9.51. The lowest BCUT2D eigenvalue weighted by atomic mass is 10.1. The molecule has 0 fully saturated rings. The first kappa shape index (κ1) is 17.4. The topological polar surface area (TPSA) is 17.8 Å². The second-order valence-corrected chi connectivity index (χ2v) is 3.76. The van der Waals surface area contributed by atoms with Crippen LogP contribution in [0, 0.1) is 0 Å². The summed E-state index contributed by atoms with van der Waals surface area (Å²) in [7, 11) is 2.01. The van der Waals surface area contributed by atoms with Gasteiger partial charge in [-0.15, -0.1) is 0 Å². The van der Waals surface area contributed by atoms with Crippen molar-refractivity contribution >= 4 is 0 Å². The van der Waals surface area contributed by atoms with Gasteiger partial charge in [-0.05, 0) is 12.5 Å². The second-order valence-electron chi connectivity index (χ2n) is 3.76. The van der Waals surface area contributed by atoms with Crippen molar-refractivity contribution in [2.75, 3.05) is 0 Å². The molecule has 0 saturated heterocycles. The smallest absolute Gasteiger partial charge is 0.0925 e. The van der Waals surface area contributed by atoms with Crippen LogP contribution < -0.4 is 0 Å². The summed E-state index contributed by atoms with van der Waals surface area (Å²) in [5.74, 6) is 0. The van der Waals surface area contributed by atoms with E-state index >= 15 is 0 Å². The molecule has 0 bridgehead atoms. The van der Waals surface area contributed by atoms with Crippen LogP contribution in [-0.2, 0) is 13.5 Å². The third kappa shape index (κ3) is 5.29. The van der Waals surface area contributed by atoms with Crippen LogP contribution in [0.25, 0.3) is 11.3 Å². The van der Waals surface area contributed by atoms with Gasteiger partial charge >= 0.3 is 0 Å². The van der Waals surface area contributed by atoms with Gasteiger partial charge in [-0.2, -0.15) is 5.10 Å². The second kappa shape index (κ2) is 10.4. The van der Waals surface area contributed by atoms with Crippen molar-refractivity contribution in [2.45, 2.75) is 47.5 Å². The summed E-state index contributed by atoms with van der Waals surface area (Å²) in [6.07, 6.45) is 2.25. The van der Waals surface area contributed by atoms with E-state index in [2.05, 4.69) is 30.2 Å². The minimum absolute atomic E-state index is 1.07. The summed E-state index contributed by atoms with van der Waals surface area (Å²) < 4.78 is 1.98. The Morgan fingerprint density at radius 2 is 1.58 bits per heavy atom. The molecule has 2 rings (SSSR count). The van der Waals surface area contributed by atoms with E-state index in [0.29, 0.717) is 0 Å². The van der Waals surface area contributed by atoms with Gasteiger partial charge in [-0.3, -0.25) is 4.68 Å². The highest BCUT2D eigenvalue weighted by molar-refractivity contribution is 5.59. The minimum atomic E-state index is 1.07. The van der Waals surface area contributed by atoms with E-state index in [-0.39, 0.29) is 0 Å². The standard InChI is InChI=1S/C13H16N2.2C2H6/c1-3-7-12-10-13(14-15(12)2)11-8-5-4-6-9-11;2*1-2/h4-6,8-10H,3,7H2,1-2H3;2*1-2H3. The number of nitrogens with zero attached hydrogens (tertiary/aromatic N) is 2. The van der Waals surface area contributed by atoms with Crippen LogP contribution >= 0.6 is 0 Å². The molecule has 0 aliphatic carbocycles. The number of aryl methyl sites for hydroxylation is 2. The van der Waals surface area contributed by atoms with Crippen molar-refractivity contribution in [2.24, 2.45) is 7.05 Å². The molecule has 1 aromatic heterocycles. The molecule has 0 radical (unpaired) electrons. The van der Waals surface area contributed by atoms with Crippen LogP contribution in [0.1, 0.15) is 46.7 Å². The largest absolute Gasteiger partial charge is 0.272 e. The number of aromatic nitrogens is 2. The van der Waals surface area contributed by atoms with Gasteiger partial charge in [-0.25, -0.2) is 0 Å². The summed E-state index contributed by atoms with van der Waals surface area (Å²) in [5.41, 5.74) is 3.56. The first-order valence-corrected chi connectivity index (χ1v) is 7.39. The third-order valence-electron chi connectivity index (χ3n) is 2.55. The van der Waals surface area contributed by atoms with Gasteiger partial charge in [0, 0.05) is 18.3 Å². The summed E-state index contributed by atoms with van der Waals surface area (Å²) in [5, 5.41) is 4.52. The molecule has 2 nitrogen and oxygen atoms in total. The third-order valence-corrected chi connectivity index (χ3v) is 2.55. The molecule has 0 saturated carbocycles. The Hall–Kier alpha value is -1.57. The first-order chi connectivity index (χ1) is 9.31. The zero-order chi connectivity index (χ0) is 14.7. The lowest BCUT2D eigenvalue weighted by Crippen LogP contribution is -1.96. The SMILES string of the molecule is CC.CC.CCCc1cc(-c2ccccc2)nn1C. The predicted octanol–water partition coefficient (Wildman–Crippen LogP) is 5.09. The van der Waals surface area contributed by atoms with E-state index in [9.17, 15) is 0 Å². The molecule has 0 atom stereocenters. The van der Waals surface area contributed by atoms with Crippen molar-refractivity contribution in [3.8, 4) is 11.3 Å². The van der Waals surface area contributed by atoms with Crippen LogP contribution in [0.3, 0.4) is 0 Å². The molecule has 0 aliphatic rings. The first-order valence-electron chi connectivity index (χ1n) is 7.39. The van der Waals surface area contributed by atoms with Crippen LogP contribution in [0.15, 0.2) is 36.4 Å². The summed E-state index contributed by atoms with van der Waals surface area (Å²) >= 11 is 0. The molecule has 0 spiro atoms. The highest BCUT2D eigenvalue weighted by Gasteiger charge is 2.05. The molecule has 2 aromatic rings. The average Bonchev–Trinajstić information content (AvgIpc) is 2.86. The zero-order valence-electron chi connectivity index (χ0n) is 13.3. The minimum Gasteiger partial charge on any atom is -0.272 e. The van der Waals surface area contributed by atoms with E-state index in [0.717, 1.165) is 18.5 Å². The zero-order valence-corrected chi connectivity index (χ0v) is 13.3. The van der Waals surface area contributed by atoms with Gasteiger partial charge in [0.15, 0.2) is 0 Å². The van der Waals surface area contributed by atoms with Gasteiger partial charge in [0.1, 0.15) is 0 Å². The number of benzene rings is 1. The van der Waals surface area contributed by atoms with Crippen molar-refractivity contribution in [1.82, 2.24) is 9.78 Å². The van der Waals surface area contributed by atoms with Crippen molar-refractivity contribution in [3.63, 3.8) is 0 Å². The molecule has 1 heterocycles. The molecule has 2 heteroatoms. The van der Waals surface area contributed by atoms with Gasteiger partial charge < -0.3 is 0 Å². The molecule has 0 unspecified atom stereocenters. The molecular formula is C17H28N2. The lowest BCUT2D eigenvalue weighted by molar-refractivity contribution is 0.699. The van der Waals surface area contributed by atoms with Crippen LogP contribution in [-0.4, -0.2) is 9.78 Å². The maximum absolute atomic E-state index is 4.52. The van der Waals surface area contributed by atoms with E-state index in [1.54, 1.807) is 0 Å².